The average Bonchev–Trinajstić information content (AvgIpc) is 2.25. The van der Waals surface area contributed by atoms with Crippen molar-refractivity contribution in [3.05, 3.63) is 24.4 Å². The summed E-state index contributed by atoms with van der Waals surface area (Å²) in [6.07, 6.45) is 1.82. The van der Waals surface area contributed by atoms with Gasteiger partial charge in [-0.1, -0.05) is 37.0 Å². The van der Waals surface area contributed by atoms with Gasteiger partial charge in [0.25, 0.3) is 0 Å². The quantitative estimate of drug-likeness (QED) is 0.561. The van der Waals surface area contributed by atoms with Gasteiger partial charge in [-0.2, -0.15) is 11.8 Å². The predicted octanol–water partition coefficient (Wildman–Crippen LogP) is 3.30. The van der Waals surface area contributed by atoms with Crippen LogP contribution in [0.3, 0.4) is 0 Å². The van der Waals surface area contributed by atoms with Crippen molar-refractivity contribution >= 4 is 41.1 Å². The van der Waals surface area contributed by atoms with Crippen LogP contribution in [0.4, 0.5) is 0 Å². The lowest BCUT2D eigenvalue weighted by atomic mass is 10.5. The molecule has 0 aliphatic rings. The maximum atomic E-state index is 5.00. The molecule has 1 aromatic heterocycles. The minimum Gasteiger partial charge on any atom is -0.250 e. The van der Waals surface area contributed by atoms with E-state index in [-0.39, 0.29) is 0 Å². The van der Waals surface area contributed by atoms with Crippen molar-refractivity contribution in [1.82, 2.24) is 4.98 Å². The lowest BCUT2D eigenvalue weighted by Crippen LogP contribution is -2.06. The first kappa shape index (κ1) is 12.0. The highest BCUT2D eigenvalue weighted by atomic mass is 32.2. The minimum atomic E-state index is 0.393. The zero-order chi connectivity index (χ0) is 10.2. The van der Waals surface area contributed by atoms with Crippen LogP contribution in [0.1, 0.15) is 6.92 Å². The monoisotopic (exact) mass is 243 g/mol. The van der Waals surface area contributed by atoms with E-state index in [0.717, 1.165) is 16.5 Å². The van der Waals surface area contributed by atoms with E-state index >= 15 is 0 Å². The Balaban J connectivity index is 2.44. The van der Waals surface area contributed by atoms with Crippen LogP contribution in [0, 0.1) is 0 Å². The van der Waals surface area contributed by atoms with Gasteiger partial charge in [0.1, 0.15) is 0 Å². The molecular weight excluding hydrogens is 230 g/mol. The Morgan fingerprint density at radius 2 is 2.43 bits per heavy atom. The van der Waals surface area contributed by atoms with Crippen LogP contribution in [0.5, 0.6) is 0 Å². The number of nitrogens with zero attached hydrogens (tertiary/aromatic N) is 1. The minimum absolute atomic E-state index is 0.393. The second-order valence-corrected chi connectivity index (χ2v) is 5.47. The number of hydrogen-bond donors (Lipinski definition) is 0. The summed E-state index contributed by atoms with van der Waals surface area (Å²) in [6.45, 7) is 2.16. The van der Waals surface area contributed by atoms with Gasteiger partial charge in [-0.05, 0) is 23.3 Å². The zero-order valence-electron chi connectivity index (χ0n) is 8.05. The third kappa shape index (κ3) is 4.44. The third-order valence-electron chi connectivity index (χ3n) is 1.55. The standard InChI is InChI=1S/C10H13NS3/c1-2-13-8-9(7-12)14-10-5-3-4-6-11-10/h3-7,9H,2,8H2,1H3. The number of hydrogen-bond acceptors (Lipinski definition) is 4. The van der Waals surface area contributed by atoms with E-state index in [1.807, 2.05) is 41.5 Å². The second-order valence-electron chi connectivity index (χ2n) is 2.62. The molecule has 1 rings (SSSR count). The molecule has 0 bridgehead atoms. The number of pyridine rings is 1. The van der Waals surface area contributed by atoms with Gasteiger partial charge in [0.2, 0.25) is 0 Å². The van der Waals surface area contributed by atoms with E-state index in [9.17, 15) is 0 Å². The molecule has 0 spiro atoms. The number of thiocarbonyl (C=S) groups is 1. The predicted molar refractivity (Wildman–Crippen MR) is 70.5 cm³/mol. The number of rotatable bonds is 6. The second kappa shape index (κ2) is 7.26. The number of thioether (sulfide) groups is 2. The van der Waals surface area contributed by atoms with Crippen molar-refractivity contribution in [1.29, 1.82) is 0 Å². The van der Waals surface area contributed by atoms with Gasteiger partial charge < -0.3 is 0 Å². The van der Waals surface area contributed by atoms with Gasteiger partial charge in [0, 0.05) is 17.2 Å². The average molecular weight is 243 g/mol. The Bertz CT molecular complexity index is 263. The van der Waals surface area contributed by atoms with Crippen molar-refractivity contribution in [2.75, 3.05) is 11.5 Å². The van der Waals surface area contributed by atoms with Crippen molar-refractivity contribution in [3.63, 3.8) is 0 Å². The fraction of sp³-hybridized carbons (Fsp3) is 0.400. The molecule has 1 heterocycles. The molecule has 4 heteroatoms. The highest BCUT2D eigenvalue weighted by Gasteiger charge is 2.07. The summed E-state index contributed by atoms with van der Waals surface area (Å²) in [6, 6.07) is 5.95. The normalized spacial score (nSPS) is 12.4. The first-order valence-corrected chi connectivity index (χ1v) is 6.98. The van der Waals surface area contributed by atoms with E-state index in [2.05, 4.69) is 11.9 Å². The Kier molecular flexibility index (Phi) is 6.23. The van der Waals surface area contributed by atoms with E-state index < -0.39 is 0 Å². The Hall–Kier alpha value is -0.0600. The van der Waals surface area contributed by atoms with E-state index in [1.165, 1.54) is 0 Å². The Morgan fingerprint density at radius 1 is 1.57 bits per heavy atom. The molecule has 0 aromatic carbocycles. The highest BCUT2D eigenvalue weighted by molar-refractivity contribution is 8.04. The molecule has 0 aliphatic carbocycles. The van der Waals surface area contributed by atoms with E-state index in [0.29, 0.717) is 5.25 Å². The lowest BCUT2D eigenvalue weighted by molar-refractivity contribution is 1.13. The molecule has 0 aliphatic heterocycles. The summed E-state index contributed by atoms with van der Waals surface area (Å²) in [5, 5.41) is 3.28. The van der Waals surface area contributed by atoms with Gasteiger partial charge in [-0.25, -0.2) is 4.98 Å². The van der Waals surface area contributed by atoms with Crippen LogP contribution >= 0.6 is 35.7 Å². The lowest BCUT2D eigenvalue weighted by Gasteiger charge is -2.08. The molecule has 14 heavy (non-hydrogen) atoms. The fourth-order valence-electron chi connectivity index (χ4n) is 0.907. The van der Waals surface area contributed by atoms with Gasteiger partial charge in [0.15, 0.2) is 0 Å². The molecule has 1 unspecified atom stereocenters. The molecule has 76 valence electrons. The van der Waals surface area contributed by atoms with Gasteiger partial charge in [0.05, 0.1) is 5.03 Å². The topological polar surface area (TPSA) is 12.9 Å². The van der Waals surface area contributed by atoms with Crippen LogP contribution in [-0.2, 0) is 0 Å². The summed E-state index contributed by atoms with van der Waals surface area (Å²) in [7, 11) is 0. The first-order chi connectivity index (χ1) is 6.86. The molecule has 1 nitrogen and oxygen atoms in total. The molecule has 1 atom stereocenters. The van der Waals surface area contributed by atoms with Crippen LogP contribution in [0.15, 0.2) is 29.4 Å². The van der Waals surface area contributed by atoms with Crippen LogP contribution < -0.4 is 0 Å². The van der Waals surface area contributed by atoms with Crippen molar-refractivity contribution < 1.29 is 0 Å². The largest absolute Gasteiger partial charge is 0.250 e. The van der Waals surface area contributed by atoms with Gasteiger partial charge in [-0.3, -0.25) is 0 Å². The zero-order valence-corrected chi connectivity index (χ0v) is 10.5. The van der Waals surface area contributed by atoms with E-state index in [4.69, 9.17) is 12.2 Å². The summed E-state index contributed by atoms with van der Waals surface area (Å²) in [4.78, 5) is 4.26. The van der Waals surface area contributed by atoms with Crippen LogP contribution in [0.2, 0.25) is 0 Å². The SMILES string of the molecule is CCSCC(C=S)Sc1ccccn1. The van der Waals surface area contributed by atoms with Gasteiger partial charge >= 0.3 is 0 Å². The number of aromatic nitrogens is 1. The molecule has 0 saturated carbocycles. The van der Waals surface area contributed by atoms with Crippen molar-refractivity contribution in [3.8, 4) is 0 Å². The summed E-state index contributed by atoms with van der Waals surface area (Å²) in [5.74, 6) is 2.21. The summed E-state index contributed by atoms with van der Waals surface area (Å²) in [5.41, 5.74) is 0. The molecule has 0 saturated heterocycles. The maximum absolute atomic E-state index is 5.00. The summed E-state index contributed by atoms with van der Waals surface area (Å²) < 4.78 is 0. The Morgan fingerprint density at radius 3 is 3.00 bits per heavy atom. The Labute approximate surface area is 99.1 Å². The van der Waals surface area contributed by atoms with Crippen LogP contribution in [0.25, 0.3) is 0 Å². The first-order valence-electron chi connectivity index (χ1n) is 4.47. The smallest absolute Gasteiger partial charge is 0.0966 e. The highest BCUT2D eigenvalue weighted by Crippen LogP contribution is 2.22. The third-order valence-corrected chi connectivity index (χ3v) is 4.35. The van der Waals surface area contributed by atoms with Crippen molar-refractivity contribution in [2.45, 2.75) is 17.2 Å². The molecular formula is C10H13NS3. The maximum Gasteiger partial charge on any atom is 0.0966 e. The van der Waals surface area contributed by atoms with Crippen LogP contribution in [-0.4, -0.2) is 27.1 Å². The van der Waals surface area contributed by atoms with Gasteiger partial charge in [-0.15, -0.1) is 0 Å². The molecule has 0 N–H and O–H groups in total. The molecule has 0 amide bonds. The van der Waals surface area contributed by atoms with Crippen molar-refractivity contribution in [2.24, 2.45) is 0 Å². The molecule has 0 radical (unpaired) electrons. The summed E-state index contributed by atoms with van der Waals surface area (Å²) >= 11 is 8.65. The molecule has 1 aromatic rings. The van der Waals surface area contributed by atoms with E-state index in [1.54, 1.807) is 11.8 Å². The fourth-order valence-corrected chi connectivity index (χ4v) is 3.06. The molecule has 0 fully saturated rings.